The summed E-state index contributed by atoms with van der Waals surface area (Å²) in [5.74, 6) is -0.203. The summed E-state index contributed by atoms with van der Waals surface area (Å²) in [7, 11) is 0. The number of pyridine rings is 1. The van der Waals surface area contributed by atoms with Gasteiger partial charge in [0.05, 0.1) is 5.02 Å². The zero-order valence-electron chi connectivity index (χ0n) is 9.06. The van der Waals surface area contributed by atoms with Crippen LogP contribution in [0.3, 0.4) is 0 Å². The lowest BCUT2D eigenvalue weighted by atomic mass is 10.2. The number of hydrogen-bond acceptors (Lipinski definition) is 2. The molecule has 0 saturated heterocycles. The topological polar surface area (TPSA) is 42.0 Å². The summed E-state index contributed by atoms with van der Waals surface area (Å²) >= 11 is 5.70. The molecule has 1 aromatic carbocycles. The number of carbonyl (C=O) groups is 1. The summed E-state index contributed by atoms with van der Waals surface area (Å²) in [5, 5.41) is 3.31. The first kappa shape index (κ1) is 11.6. The van der Waals surface area contributed by atoms with Gasteiger partial charge in [0.2, 0.25) is 0 Å². The minimum atomic E-state index is -0.203. The molecule has 0 aliphatic carbocycles. The van der Waals surface area contributed by atoms with Crippen LogP contribution in [-0.4, -0.2) is 10.9 Å². The Balaban J connectivity index is 1.96. The Kier molecular flexibility index (Phi) is 3.73. The number of carbonyl (C=O) groups excluding carboxylic acids is 1. The van der Waals surface area contributed by atoms with Crippen molar-refractivity contribution in [3.63, 3.8) is 0 Å². The molecule has 0 bridgehead atoms. The van der Waals surface area contributed by atoms with Crippen LogP contribution < -0.4 is 5.32 Å². The standard InChI is InChI=1S/C13H11ClN2O/c14-11-6-7-12(15-9-11)13(17)16-8-10-4-2-1-3-5-10/h1-7,9H,8H2,(H,16,17). The van der Waals surface area contributed by atoms with E-state index in [2.05, 4.69) is 10.3 Å². The van der Waals surface area contributed by atoms with Crippen LogP contribution in [0.1, 0.15) is 16.1 Å². The van der Waals surface area contributed by atoms with Gasteiger partial charge in [-0.15, -0.1) is 0 Å². The highest BCUT2D eigenvalue weighted by atomic mass is 35.5. The normalized spacial score (nSPS) is 9.94. The smallest absolute Gasteiger partial charge is 0.270 e. The summed E-state index contributed by atoms with van der Waals surface area (Å²) in [6.07, 6.45) is 1.46. The maximum Gasteiger partial charge on any atom is 0.270 e. The predicted molar refractivity (Wildman–Crippen MR) is 66.9 cm³/mol. The van der Waals surface area contributed by atoms with E-state index in [9.17, 15) is 4.79 Å². The van der Waals surface area contributed by atoms with E-state index in [1.807, 2.05) is 30.3 Å². The van der Waals surface area contributed by atoms with Gasteiger partial charge in [0, 0.05) is 12.7 Å². The fraction of sp³-hybridized carbons (Fsp3) is 0.0769. The highest BCUT2D eigenvalue weighted by molar-refractivity contribution is 6.30. The average molecular weight is 247 g/mol. The molecule has 86 valence electrons. The SMILES string of the molecule is O=C(NCc1ccccc1)c1ccc(Cl)cn1. The lowest BCUT2D eigenvalue weighted by Crippen LogP contribution is -2.23. The van der Waals surface area contributed by atoms with Crippen LogP contribution in [0.4, 0.5) is 0 Å². The summed E-state index contributed by atoms with van der Waals surface area (Å²) in [4.78, 5) is 15.7. The van der Waals surface area contributed by atoms with Gasteiger partial charge in [-0.1, -0.05) is 41.9 Å². The van der Waals surface area contributed by atoms with Crippen molar-refractivity contribution in [3.8, 4) is 0 Å². The second-order valence-corrected chi connectivity index (χ2v) is 3.97. The molecule has 4 heteroatoms. The van der Waals surface area contributed by atoms with Gasteiger partial charge in [-0.05, 0) is 17.7 Å². The molecule has 17 heavy (non-hydrogen) atoms. The Morgan fingerprint density at radius 1 is 1.18 bits per heavy atom. The van der Waals surface area contributed by atoms with Crippen LogP contribution in [0.5, 0.6) is 0 Å². The molecule has 0 fully saturated rings. The van der Waals surface area contributed by atoms with E-state index < -0.39 is 0 Å². The van der Waals surface area contributed by atoms with Crippen molar-refractivity contribution >= 4 is 17.5 Å². The van der Waals surface area contributed by atoms with Crippen molar-refractivity contribution in [2.24, 2.45) is 0 Å². The monoisotopic (exact) mass is 246 g/mol. The molecule has 0 radical (unpaired) electrons. The van der Waals surface area contributed by atoms with E-state index in [0.29, 0.717) is 17.3 Å². The molecule has 1 amide bonds. The number of nitrogens with one attached hydrogen (secondary N) is 1. The zero-order valence-corrected chi connectivity index (χ0v) is 9.82. The van der Waals surface area contributed by atoms with E-state index in [-0.39, 0.29) is 5.91 Å². The zero-order chi connectivity index (χ0) is 12.1. The van der Waals surface area contributed by atoms with E-state index in [1.165, 1.54) is 6.20 Å². The number of benzene rings is 1. The fourth-order valence-electron chi connectivity index (χ4n) is 1.38. The third-order valence-corrected chi connectivity index (χ3v) is 2.48. The Labute approximate surface area is 104 Å². The van der Waals surface area contributed by atoms with Gasteiger partial charge in [0.15, 0.2) is 0 Å². The largest absolute Gasteiger partial charge is 0.347 e. The first-order chi connectivity index (χ1) is 8.25. The first-order valence-electron chi connectivity index (χ1n) is 5.19. The highest BCUT2D eigenvalue weighted by Crippen LogP contribution is 2.06. The molecule has 0 aliphatic heterocycles. The summed E-state index contributed by atoms with van der Waals surface area (Å²) in [5.41, 5.74) is 1.42. The van der Waals surface area contributed by atoms with Gasteiger partial charge in [0.1, 0.15) is 5.69 Å². The molecular weight excluding hydrogens is 236 g/mol. The first-order valence-corrected chi connectivity index (χ1v) is 5.57. The van der Waals surface area contributed by atoms with E-state index >= 15 is 0 Å². The maximum atomic E-state index is 11.7. The van der Waals surface area contributed by atoms with Crippen molar-refractivity contribution < 1.29 is 4.79 Å². The fourth-order valence-corrected chi connectivity index (χ4v) is 1.49. The van der Waals surface area contributed by atoms with Crippen molar-refractivity contribution in [3.05, 3.63) is 64.9 Å². The Morgan fingerprint density at radius 3 is 2.59 bits per heavy atom. The average Bonchev–Trinajstić information content (AvgIpc) is 2.38. The predicted octanol–water partition coefficient (Wildman–Crippen LogP) is 2.67. The molecule has 1 aromatic heterocycles. The van der Waals surface area contributed by atoms with Crippen molar-refractivity contribution in [2.75, 3.05) is 0 Å². The van der Waals surface area contributed by atoms with Gasteiger partial charge in [-0.3, -0.25) is 4.79 Å². The summed E-state index contributed by atoms with van der Waals surface area (Å²) in [6.45, 7) is 0.490. The lowest BCUT2D eigenvalue weighted by Gasteiger charge is -2.04. The number of nitrogens with zero attached hydrogens (tertiary/aromatic N) is 1. The van der Waals surface area contributed by atoms with Gasteiger partial charge >= 0.3 is 0 Å². The quantitative estimate of drug-likeness (QED) is 0.905. The minimum absolute atomic E-state index is 0.203. The van der Waals surface area contributed by atoms with Crippen LogP contribution >= 0.6 is 11.6 Å². The Hall–Kier alpha value is -1.87. The molecule has 1 N–H and O–H groups in total. The number of hydrogen-bond donors (Lipinski definition) is 1. The van der Waals surface area contributed by atoms with Crippen LogP contribution in [0.25, 0.3) is 0 Å². The number of halogens is 1. The van der Waals surface area contributed by atoms with Crippen LogP contribution in [0.2, 0.25) is 5.02 Å². The van der Waals surface area contributed by atoms with E-state index in [0.717, 1.165) is 5.56 Å². The van der Waals surface area contributed by atoms with Crippen molar-refractivity contribution in [1.82, 2.24) is 10.3 Å². The maximum absolute atomic E-state index is 11.7. The second-order valence-electron chi connectivity index (χ2n) is 3.53. The van der Waals surface area contributed by atoms with Crippen LogP contribution in [0, 0.1) is 0 Å². The number of amides is 1. The van der Waals surface area contributed by atoms with Crippen molar-refractivity contribution in [1.29, 1.82) is 0 Å². The van der Waals surface area contributed by atoms with Gasteiger partial charge in [-0.25, -0.2) is 4.98 Å². The number of rotatable bonds is 3. The third-order valence-electron chi connectivity index (χ3n) is 2.26. The minimum Gasteiger partial charge on any atom is -0.347 e. The Morgan fingerprint density at radius 2 is 1.94 bits per heavy atom. The van der Waals surface area contributed by atoms with E-state index in [1.54, 1.807) is 12.1 Å². The number of aromatic nitrogens is 1. The lowest BCUT2D eigenvalue weighted by molar-refractivity contribution is 0.0946. The molecular formula is C13H11ClN2O. The van der Waals surface area contributed by atoms with Crippen LogP contribution in [-0.2, 0) is 6.54 Å². The van der Waals surface area contributed by atoms with Crippen molar-refractivity contribution in [2.45, 2.75) is 6.54 Å². The molecule has 0 atom stereocenters. The summed E-state index contributed by atoms with van der Waals surface area (Å²) in [6, 6.07) is 13.0. The third kappa shape index (κ3) is 3.29. The molecule has 3 nitrogen and oxygen atoms in total. The molecule has 2 rings (SSSR count). The van der Waals surface area contributed by atoms with Gasteiger partial charge in [0.25, 0.3) is 5.91 Å². The van der Waals surface area contributed by atoms with Gasteiger partial charge < -0.3 is 5.32 Å². The molecule has 0 saturated carbocycles. The molecule has 0 spiro atoms. The van der Waals surface area contributed by atoms with E-state index in [4.69, 9.17) is 11.6 Å². The molecule has 1 heterocycles. The highest BCUT2D eigenvalue weighted by Gasteiger charge is 2.05. The Bertz CT molecular complexity index is 497. The second kappa shape index (κ2) is 5.46. The van der Waals surface area contributed by atoms with Gasteiger partial charge in [-0.2, -0.15) is 0 Å². The molecule has 2 aromatic rings. The molecule has 0 aliphatic rings. The summed E-state index contributed by atoms with van der Waals surface area (Å²) < 4.78 is 0. The molecule has 0 unspecified atom stereocenters. The van der Waals surface area contributed by atoms with Crippen LogP contribution in [0.15, 0.2) is 48.7 Å².